The molecule has 0 fully saturated rings. The molecule has 6 heteroatoms. The number of rotatable bonds is 8. The fraction of sp³-hybridized carbons (Fsp3) is 0.111. The molecule has 0 aliphatic rings. The molecule has 5 nitrogen and oxygen atoms in total. The number of carbonyl (C=O) groups excluding carboxylic acids is 2. The zero-order valence-electron chi connectivity index (χ0n) is 18.2. The number of anilines is 2. The molecule has 0 aromatic heterocycles. The highest BCUT2D eigenvalue weighted by Gasteiger charge is 2.09. The zero-order valence-corrected chi connectivity index (χ0v) is 19.0. The second kappa shape index (κ2) is 10.7. The first-order valence-electron chi connectivity index (χ1n) is 10.7. The van der Waals surface area contributed by atoms with E-state index >= 15 is 0 Å². The lowest BCUT2D eigenvalue weighted by Crippen LogP contribution is -2.14. The van der Waals surface area contributed by atoms with Gasteiger partial charge in [0.15, 0.2) is 0 Å². The summed E-state index contributed by atoms with van der Waals surface area (Å²) in [5, 5.41) is 7.94. The minimum Gasteiger partial charge on any atom is -0.494 e. The Bertz CT molecular complexity index is 1270. The summed E-state index contributed by atoms with van der Waals surface area (Å²) in [6, 6.07) is 28.4. The Kier molecular flexibility index (Phi) is 7.27. The first-order valence-corrected chi connectivity index (χ1v) is 11.6. The number of carbonyl (C=O) groups is 2. The first-order chi connectivity index (χ1) is 16.1. The van der Waals surface area contributed by atoms with Gasteiger partial charge in [-0.3, -0.25) is 9.59 Å². The van der Waals surface area contributed by atoms with Crippen LogP contribution in [0.1, 0.15) is 17.3 Å². The largest absolute Gasteiger partial charge is 0.494 e. The number of fused-ring (bicyclic) bond motifs is 1. The molecule has 0 atom stereocenters. The molecular weight excluding hydrogens is 432 g/mol. The van der Waals surface area contributed by atoms with Gasteiger partial charge in [-0.25, -0.2) is 0 Å². The van der Waals surface area contributed by atoms with Crippen molar-refractivity contribution in [1.82, 2.24) is 0 Å². The lowest BCUT2D eigenvalue weighted by molar-refractivity contribution is -0.113. The van der Waals surface area contributed by atoms with Crippen molar-refractivity contribution in [1.29, 1.82) is 0 Å². The Labute approximate surface area is 197 Å². The van der Waals surface area contributed by atoms with E-state index < -0.39 is 0 Å². The van der Waals surface area contributed by atoms with Gasteiger partial charge in [0.1, 0.15) is 5.75 Å². The van der Waals surface area contributed by atoms with Gasteiger partial charge in [0.25, 0.3) is 5.91 Å². The molecule has 33 heavy (non-hydrogen) atoms. The van der Waals surface area contributed by atoms with Gasteiger partial charge in [0, 0.05) is 21.8 Å². The summed E-state index contributed by atoms with van der Waals surface area (Å²) in [6.07, 6.45) is 0. The Morgan fingerprint density at radius 3 is 2.36 bits per heavy atom. The number of amides is 2. The van der Waals surface area contributed by atoms with Crippen LogP contribution in [0.3, 0.4) is 0 Å². The summed E-state index contributed by atoms with van der Waals surface area (Å²) in [5.74, 6) is 0.758. The molecule has 0 unspecified atom stereocenters. The maximum absolute atomic E-state index is 12.7. The quantitative estimate of drug-likeness (QED) is 0.309. The van der Waals surface area contributed by atoms with Crippen LogP contribution in [0.15, 0.2) is 95.9 Å². The zero-order chi connectivity index (χ0) is 23.0. The van der Waals surface area contributed by atoms with E-state index in [-0.39, 0.29) is 17.6 Å². The Morgan fingerprint density at radius 2 is 1.58 bits per heavy atom. The second-order valence-corrected chi connectivity index (χ2v) is 8.39. The average molecular weight is 457 g/mol. The molecule has 0 heterocycles. The van der Waals surface area contributed by atoms with E-state index in [1.165, 1.54) is 11.8 Å². The van der Waals surface area contributed by atoms with E-state index in [1.807, 2.05) is 97.9 Å². The van der Waals surface area contributed by atoms with E-state index in [1.54, 1.807) is 0 Å². The molecule has 2 N–H and O–H groups in total. The Morgan fingerprint density at radius 1 is 0.788 bits per heavy atom. The Hall–Kier alpha value is -3.77. The highest BCUT2D eigenvalue weighted by molar-refractivity contribution is 8.00. The highest BCUT2D eigenvalue weighted by atomic mass is 32.2. The third-order valence-electron chi connectivity index (χ3n) is 4.92. The average Bonchev–Trinajstić information content (AvgIpc) is 2.84. The van der Waals surface area contributed by atoms with Gasteiger partial charge in [-0.1, -0.05) is 36.4 Å². The number of ether oxygens (including phenoxy) is 1. The molecule has 0 spiro atoms. The van der Waals surface area contributed by atoms with Gasteiger partial charge in [0.05, 0.1) is 12.4 Å². The molecule has 0 aliphatic carbocycles. The van der Waals surface area contributed by atoms with Crippen molar-refractivity contribution in [3.63, 3.8) is 0 Å². The number of nitrogens with one attached hydrogen (secondary N) is 2. The van der Waals surface area contributed by atoms with Crippen LogP contribution in [0.4, 0.5) is 11.4 Å². The predicted octanol–water partition coefficient (Wildman–Crippen LogP) is 6.22. The minimum atomic E-state index is -0.170. The summed E-state index contributed by atoms with van der Waals surface area (Å²) in [5.41, 5.74) is 2.01. The monoisotopic (exact) mass is 456 g/mol. The van der Waals surface area contributed by atoms with E-state index in [4.69, 9.17) is 4.74 Å². The van der Waals surface area contributed by atoms with E-state index in [2.05, 4.69) is 10.6 Å². The second-order valence-electron chi connectivity index (χ2n) is 7.34. The smallest absolute Gasteiger partial charge is 0.255 e. The van der Waals surface area contributed by atoms with Gasteiger partial charge in [-0.2, -0.15) is 0 Å². The maximum atomic E-state index is 12.7. The molecule has 0 saturated carbocycles. The van der Waals surface area contributed by atoms with Crippen molar-refractivity contribution < 1.29 is 14.3 Å². The maximum Gasteiger partial charge on any atom is 0.255 e. The van der Waals surface area contributed by atoms with Crippen LogP contribution in [0.5, 0.6) is 5.75 Å². The van der Waals surface area contributed by atoms with Crippen LogP contribution in [0.2, 0.25) is 0 Å². The lowest BCUT2D eigenvalue weighted by Gasteiger charge is -2.09. The van der Waals surface area contributed by atoms with Gasteiger partial charge >= 0.3 is 0 Å². The normalized spacial score (nSPS) is 10.6. The molecule has 4 aromatic rings. The van der Waals surface area contributed by atoms with Crippen LogP contribution in [0, 0.1) is 0 Å². The Balaban J connectivity index is 1.33. The van der Waals surface area contributed by atoms with Crippen LogP contribution in [0.25, 0.3) is 10.8 Å². The number of hydrogen-bond donors (Lipinski definition) is 2. The summed E-state index contributed by atoms with van der Waals surface area (Å²) in [6.45, 7) is 2.53. The van der Waals surface area contributed by atoms with Gasteiger partial charge in [0.2, 0.25) is 5.91 Å². The van der Waals surface area contributed by atoms with Crippen molar-refractivity contribution in [2.75, 3.05) is 23.0 Å². The molecule has 0 radical (unpaired) electrons. The third kappa shape index (κ3) is 6.14. The fourth-order valence-electron chi connectivity index (χ4n) is 3.34. The van der Waals surface area contributed by atoms with Crippen molar-refractivity contribution in [3.05, 3.63) is 96.6 Å². The SMILES string of the molecule is CCOc1ccc(NC(=O)CSc2cccc(NC(=O)c3ccc4ccccc4c3)c2)cc1. The topological polar surface area (TPSA) is 67.4 Å². The van der Waals surface area contributed by atoms with Crippen LogP contribution in [-0.4, -0.2) is 24.2 Å². The van der Waals surface area contributed by atoms with Gasteiger partial charge < -0.3 is 15.4 Å². The molecule has 166 valence electrons. The van der Waals surface area contributed by atoms with Gasteiger partial charge in [-0.05, 0) is 72.3 Å². The summed E-state index contributed by atoms with van der Waals surface area (Å²) < 4.78 is 5.41. The third-order valence-corrected chi connectivity index (χ3v) is 5.92. The van der Waals surface area contributed by atoms with E-state index in [0.717, 1.165) is 27.1 Å². The summed E-state index contributed by atoms with van der Waals surface area (Å²) >= 11 is 1.41. The van der Waals surface area contributed by atoms with Gasteiger partial charge in [-0.15, -0.1) is 11.8 Å². The molecule has 0 aliphatic heterocycles. The number of benzene rings is 4. The van der Waals surface area contributed by atoms with Crippen molar-refractivity contribution >= 4 is 45.7 Å². The number of thioether (sulfide) groups is 1. The van der Waals surface area contributed by atoms with Crippen molar-refractivity contribution in [3.8, 4) is 5.75 Å². The van der Waals surface area contributed by atoms with Crippen LogP contribution in [-0.2, 0) is 4.79 Å². The molecule has 0 saturated heterocycles. The van der Waals surface area contributed by atoms with Crippen LogP contribution >= 0.6 is 11.8 Å². The van der Waals surface area contributed by atoms with Crippen molar-refractivity contribution in [2.24, 2.45) is 0 Å². The number of hydrogen-bond acceptors (Lipinski definition) is 4. The first kappa shape index (κ1) is 22.4. The summed E-state index contributed by atoms with van der Waals surface area (Å²) in [4.78, 5) is 25.9. The van der Waals surface area contributed by atoms with E-state index in [9.17, 15) is 9.59 Å². The van der Waals surface area contributed by atoms with Crippen LogP contribution < -0.4 is 15.4 Å². The lowest BCUT2D eigenvalue weighted by atomic mass is 10.1. The molecule has 2 amide bonds. The molecule has 4 rings (SSSR count). The minimum absolute atomic E-state index is 0.102. The molecule has 4 aromatic carbocycles. The fourth-order valence-corrected chi connectivity index (χ4v) is 4.10. The van der Waals surface area contributed by atoms with Crippen molar-refractivity contribution in [2.45, 2.75) is 11.8 Å². The molecular formula is C27H24N2O3S. The standard InChI is InChI=1S/C27H24N2O3S/c1-2-32-24-14-12-22(13-15-24)28-26(30)18-33-25-9-5-8-23(17-25)29-27(31)21-11-10-19-6-3-4-7-20(19)16-21/h3-17H,2,18H2,1H3,(H,28,30)(H,29,31). The predicted molar refractivity (Wildman–Crippen MR) is 135 cm³/mol. The highest BCUT2D eigenvalue weighted by Crippen LogP contribution is 2.23. The summed E-state index contributed by atoms with van der Waals surface area (Å²) in [7, 11) is 0. The van der Waals surface area contributed by atoms with E-state index in [0.29, 0.717) is 17.9 Å². The molecule has 0 bridgehead atoms.